The van der Waals surface area contributed by atoms with Crippen LogP contribution in [-0.4, -0.2) is 82.5 Å². The van der Waals surface area contributed by atoms with E-state index in [2.05, 4.69) is 21.3 Å². The lowest BCUT2D eigenvalue weighted by molar-refractivity contribution is -0.143. The van der Waals surface area contributed by atoms with Crippen LogP contribution >= 0.6 is 0 Å². The van der Waals surface area contributed by atoms with Crippen LogP contribution in [0, 0.1) is 0 Å². The van der Waals surface area contributed by atoms with Crippen molar-refractivity contribution in [2.24, 2.45) is 0 Å². The van der Waals surface area contributed by atoms with Gasteiger partial charge in [-0.25, -0.2) is 9.59 Å². The van der Waals surface area contributed by atoms with Crippen LogP contribution in [0.4, 0.5) is 0 Å². The van der Waals surface area contributed by atoms with Crippen molar-refractivity contribution in [1.29, 1.82) is 0 Å². The summed E-state index contributed by atoms with van der Waals surface area (Å²) in [5.74, 6) is -5.09. The van der Waals surface area contributed by atoms with Gasteiger partial charge < -0.3 is 36.6 Å². The molecule has 0 spiro atoms. The Kier molecular flexibility index (Phi) is 24.6. The molecule has 0 fully saturated rings. The Morgan fingerprint density at radius 1 is 0.545 bits per heavy atom. The molecule has 0 aromatic rings. The molecule has 4 amide bonds. The summed E-state index contributed by atoms with van der Waals surface area (Å²) in [6.45, 7) is -0.373. The average Bonchev–Trinajstić information content (AvgIpc) is 2.96. The summed E-state index contributed by atoms with van der Waals surface area (Å²) in [6, 6.07) is -2.59. The molecule has 0 bridgehead atoms. The van der Waals surface area contributed by atoms with Crippen LogP contribution in [0.25, 0.3) is 0 Å². The maximum Gasteiger partial charge on any atom is 0.326 e. The van der Waals surface area contributed by atoms with Gasteiger partial charge in [-0.05, 0) is 25.7 Å². The Balaban J connectivity index is 3.91. The molecule has 0 aliphatic carbocycles. The van der Waals surface area contributed by atoms with E-state index in [0.29, 0.717) is 6.42 Å². The highest BCUT2D eigenvalue weighted by atomic mass is 16.4. The van der Waals surface area contributed by atoms with Gasteiger partial charge in [0.05, 0.1) is 13.0 Å². The highest BCUT2D eigenvalue weighted by Crippen LogP contribution is 2.14. The number of carboxylic acids is 3. The van der Waals surface area contributed by atoms with Gasteiger partial charge in [0, 0.05) is 19.4 Å². The Morgan fingerprint density at radius 3 is 1.45 bits per heavy atom. The average molecular weight is 629 g/mol. The van der Waals surface area contributed by atoms with Gasteiger partial charge in [-0.15, -0.1) is 0 Å². The van der Waals surface area contributed by atoms with E-state index >= 15 is 0 Å². The molecule has 7 N–H and O–H groups in total. The van der Waals surface area contributed by atoms with Gasteiger partial charge in [0.1, 0.15) is 12.1 Å². The van der Waals surface area contributed by atoms with E-state index in [1.807, 2.05) is 0 Å². The van der Waals surface area contributed by atoms with Crippen LogP contribution in [0.15, 0.2) is 0 Å². The van der Waals surface area contributed by atoms with Gasteiger partial charge in [0.2, 0.25) is 24.1 Å². The third-order valence-corrected chi connectivity index (χ3v) is 7.04. The van der Waals surface area contributed by atoms with Crippen molar-refractivity contribution in [3.05, 3.63) is 0 Å². The lowest BCUT2D eigenvalue weighted by atomic mass is 10.0. The third-order valence-electron chi connectivity index (χ3n) is 7.04. The second-order valence-corrected chi connectivity index (χ2v) is 11.0. The Morgan fingerprint density at radius 2 is 1.00 bits per heavy atom. The van der Waals surface area contributed by atoms with E-state index in [1.54, 1.807) is 0 Å². The molecule has 0 aromatic carbocycles. The molecule has 0 rings (SSSR count). The van der Waals surface area contributed by atoms with E-state index in [4.69, 9.17) is 5.11 Å². The van der Waals surface area contributed by atoms with Gasteiger partial charge >= 0.3 is 17.9 Å². The van der Waals surface area contributed by atoms with Crippen LogP contribution in [0.5, 0.6) is 0 Å². The smallest absolute Gasteiger partial charge is 0.326 e. The van der Waals surface area contributed by atoms with E-state index in [-0.39, 0.29) is 44.5 Å². The topological polar surface area (TPSA) is 228 Å². The minimum absolute atomic E-state index is 0.0572. The van der Waals surface area contributed by atoms with E-state index in [0.717, 1.165) is 44.9 Å². The molecule has 0 saturated carbocycles. The number of carbonyl (C=O) groups excluding carboxylic acids is 4. The fourth-order valence-electron chi connectivity index (χ4n) is 4.58. The molecule has 2 atom stereocenters. The van der Waals surface area contributed by atoms with E-state index in [1.165, 1.54) is 38.5 Å². The minimum Gasteiger partial charge on any atom is -0.481 e. The first-order valence-corrected chi connectivity index (χ1v) is 15.8. The first kappa shape index (κ1) is 40.3. The number of rotatable bonds is 30. The van der Waals surface area contributed by atoms with Gasteiger partial charge in [-0.2, -0.15) is 0 Å². The third kappa shape index (κ3) is 24.8. The Labute approximate surface area is 259 Å². The van der Waals surface area contributed by atoms with Crippen molar-refractivity contribution in [3.8, 4) is 0 Å². The van der Waals surface area contributed by atoms with Crippen LogP contribution in [0.3, 0.4) is 0 Å². The van der Waals surface area contributed by atoms with E-state index < -0.39 is 54.8 Å². The molecule has 14 nitrogen and oxygen atoms in total. The molecule has 44 heavy (non-hydrogen) atoms. The minimum atomic E-state index is -1.49. The maximum atomic E-state index is 12.2. The van der Waals surface area contributed by atoms with E-state index in [9.17, 15) is 43.8 Å². The molecule has 0 aliphatic heterocycles. The number of hydrogen-bond donors (Lipinski definition) is 7. The summed E-state index contributed by atoms with van der Waals surface area (Å²) in [7, 11) is 0. The predicted molar refractivity (Wildman–Crippen MR) is 162 cm³/mol. The number of carboxylic acid groups (broad SMARTS) is 3. The Bertz CT molecular complexity index is 884. The normalized spacial score (nSPS) is 12.0. The predicted octanol–water partition coefficient (Wildman–Crippen LogP) is 2.48. The number of hydrogen-bond acceptors (Lipinski definition) is 7. The number of carbonyl (C=O) groups is 7. The highest BCUT2D eigenvalue weighted by Gasteiger charge is 2.23. The summed E-state index contributed by atoms with van der Waals surface area (Å²) < 4.78 is 0. The quantitative estimate of drug-likeness (QED) is 0.0454. The van der Waals surface area contributed by atoms with Crippen molar-refractivity contribution in [2.45, 2.75) is 134 Å². The SMILES string of the molecule is O=CNCC(=O)NC(CC(=O)NCCCC(NC(=O)CCCCCCCCCCCCCCCCC(=O)O)C(=O)O)C(=O)O. The molecule has 0 heterocycles. The van der Waals surface area contributed by atoms with Crippen molar-refractivity contribution >= 4 is 42.0 Å². The van der Waals surface area contributed by atoms with Crippen molar-refractivity contribution < 1.29 is 48.9 Å². The van der Waals surface area contributed by atoms with Gasteiger partial charge in [-0.1, -0.05) is 77.0 Å². The van der Waals surface area contributed by atoms with Crippen molar-refractivity contribution in [2.75, 3.05) is 13.1 Å². The molecular weight excluding hydrogens is 576 g/mol. The maximum absolute atomic E-state index is 12.2. The zero-order valence-electron chi connectivity index (χ0n) is 25.8. The fourth-order valence-corrected chi connectivity index (χ4v) is 4.58. The van der Waals surface area contributed by atoms with Gasteiger partial charge in [0.15, 0.2) is 0 Å². The first-order valence-electron chi connectivity index (χ1n) is 15.8. The highest BCUT2D eigenvalue weighted by molar-refractivity contribution is 5.89. The largest absolute Gasteiger partial charge is 0.481 e. The van der Waals surface area contributed by atoms with Crippen molar-refractivity contribution in [1.82, 2.24) is 21.3 Å². The second kappa shape index (κ2) is 26.9. The molecule has 14 heteroatoms. The first-order chi connectivity index (χ1) is 21.1. The molecule has 252 valence electrons. The number of nitrogens with one attached hydrogen (secondary N) is 4. The monoisotopic (exact) mass is 628 g/mol. The number of amides is 4. The summed E-state index contributed by atoms with van der Waals surface area (Å²) in [5, 5.41) is 36.4. The molecular formula is C30H52N4O10. The standard InChI is InChI=1S/C30H52N4O10/c35-22-31-21-27(38)34-24(30(43)44)20-26(37)32-19-15-16-23(29(41)42)33-25(36)17-13-11-9-7-5-3-1-2-4-6-8-10-12-14-18-28(39)40/h22-24H,1-21H2,(H,31,35)(H,32,37)(H,33,36)(H,34,38)(H,39,40)(H,41,42)(H,43,44). The van der Waals surface area contributed by atoms with Crippen molar-refractivity contribution in [3.63, 3.8) is 0 Å². The van der Waals surface area contributed by atoms with Gasteiger partial charge in [0.25, 0.3) is 0 Å². The van der Waals surface area contributed by atoms with Crippen LogP contribution in [-0.2, 0) is 33.6 Å². The summed E-state index contributed by atoms with van der Waals surface area (Å²) in [4.78, 5) is 79.3. The fraction of sp³-hybridized carbons (Fsp3) is 0.767. The number of unbranched alkanes of at least 4 members (excludes halogenated alkanes) is 13. The Hall–Kier alpha value is -3.71. The van der Waals surface area contributed by atoms with Gasteiger partial charge in [-0.3, -0.25) is 24.0 Å². The molecule has 0 aliphatic rings. The molecule has 0 radical (unpaired) electrons. The summed E-state index contributed by atoms with van der Waals surface area (Å²) >= 11 is 0. The molecule has 0 aromatic heterocycles. The second-order valence-electron chi connectivity index (χ2n) is 11.0. The zero-order chi connectivity index (χ0) is 33.0. The lowest BCUT2D eigenvalue weighted by Crippen LogP contribution is -2.47. The summed E-state index contributed by atoms with van der Waals surface area (Å²) in [6.07, 6.45) is 15.5. The van der Waals surface area contributed by atoms with Crippen LogP contribution in [0.1, 0.15) is 122 Å². The number of aliphatic carboxylic acids is 3. The molecule has 0 saturated heterocycles. The molecule has 2 unspecified atom stereocenters. The zero-order valence-corrected chi connectivity index (χ0v) is 25.8. The van der Waals surface area contributed by atoms with Crippen LogP contribution < -0.4 is 21.3 Å². The summed E-state index contributed by atoms with van der Waals surface area (Å²) in [5.41, 5.74) is 0. The lowest BCUT2D eigenvalue weighted by Gasteiger charge is -2.16. The van der Waals surface area contributed by atoms with Crippen LogP contribution in [0.2, 0.25) is 0 Å².